The molecule has 6 rings (SSSR count). The van der Waals surface area contributed by atoms with E-state index in [1.54, 1.807) is 0 Å². The molecular formula is C43H60O8. The lowest BCUT2D eigenvalue weighted by molar-refractivity contribution is -0.190. The predicted octanol–water partition coefficient (Wildman–Crippen LogP) is 7.69. The van der Waals surface area contributed by atoms with Gasteiger partial charge in [-0.15, -0.1) is 13.2 Å². The molecule has 0 spiro atoms. The van der Waals surface area contributed by atoms with E-state index in [2.05, 4.69) is 51.3 Å². The molecule has 2 aromatic carbocycles. The molecule has 4 fully saturated rings. The van der Waals surface area contributed by atoms with Crippen LogP contribution < -0.4 is 9.47 Å². The first-order chi connectivity index (χ1) is 24.3. The summed E-state index contributed by atoms with van der Waals surface area (Å²) in [6, 6.07) is 12.5. The molecule has 2 aromatic rings. The molecule has 8 nitrogen and oxygen atoms in total. The van der Waals surface area contributed by atoms with Gasteiger partial charge in [0.05, 0.1) is 37.3 Å². The molecule has 280 valence electrons. The number of ether oxygens (including phenoxy) is 4. The number of carbonyl (C=O) groups is 2. The smallest absolute Gasteiger partial charge is 0.311 e. The summed E-state index contributed by atoms with van der Waals surface area (Å²) >= 11 is 0. The minimum absolute atomic E-state index is 0.120. The third kappa shape index (κ3) is 9.07. The van der Waals surface area contributed by atoms with Crippen LogP contribution in [0.1, 0.15) is 101 Å². The zero-order chi connectivity index (χ0) is 37.4. The average Bonchev–Trinajstić information content (AvgIpc) is 3.12. The Hall–Kier alpha value is -3.62. The Labute approximate surface area is 305 Å². The fourth-order valence-corrected chi connectivity index (χ4v) is 8.80. The van der Waals surface area contributed by atoms with Gasteiger partial charge in [-0.3, -0.25) is 9.59 Å². The topological polar surface area (TPSA) is 112 Å². The second kappa shape index (κ2) is 17.3. The zero-order valence-electron chi connectivity index (χ0n) is 31.7. The van der Waals surface area contributed by atoms with Crippen molar-refractivity contribution in [2.45, 2.75) is 110 Å². The standard InChI is InChI=1S/C29H40O4.C14H20O4/c1-7-11-21-17-23(13-15-27(21)32-19-25(30)9-3)29(5,6)24-14-16-28(22(18-24)12-8-2)33-20-26(31)10-4;1-17-11(15)13-4-9-3-10(5-13)7-14(6-9,8-13)12(16)18-2/h7-8,13-18,25-26,30-31H,1-2,9-12,19-20H2,3-6H3;9-10H,3-8H2,1-2H3. The van der Waals surface area contributed by atoms with Crippen LogP contribution in [0.3, 0.4) is 0 Å². The minimum atomic E-state index is -0.472. The van der Waals surface area contributed by atoms with Gasteiger partial charge in [0.25, 0.3) is 0 Å². The summed E-state index contributed by atoms with van der Waals surface area (Å²) in [4.78, 5) is 24.3. The van der Waals surface area contributed by atoms with Crippen molar-refractivity contribution in [2.75, 3.05) is 27.4 Å². The molecule has 8 heteroatoms. The number of methoxy groups -OCH3 is 2. The van der Waals surface area contributed by atoms with E-state index >= 15 is 0 Å². The number of aliphatic hydroxyl groups is 2. The van der Waals surface area contributed by atoms with Crippen molar-refractivity contribution >= 4 is 11.9 Å². The Bertz CT molecular complexity index is 1400. The molecule has 2 N–H and O–H groups in total. The predicted molar refractivity (Wildman–Crippen MR) is 200 cm³/mol. The van der Waals surface area contributed by atoms with Crippen LogP contribution in [0.5, 0.6) is 11.5 Å². The number of hydrogen-bond donors (Lipinski definition) is 2. The molecule has 4 aliphatic rings. The molecule has 2 unspecified atom stereocenters. The second-order valence-corrected chi connectivity index (χ2v) is 15.5. The van der Waals surface area contributed by atoms with Gasteiger partial charge in [-0.1, -0.05) is 64.1 Å². The molecule has 0 radical (unpaired) electrons. The van der Waals surface area contributed by atoms with E-state index < -0.39 is 23.0 Å². The van der Waals surface area contributed by atoms with Crippen molar-refractivity contribution in [2.24, 2.45) is 22.7 Å². The highest BCUT2D eigenvalue weighted by atomic mass is 16.5. The van der Waals surface area contributed by atoms with Crippen molar-refractivity contribution in [3.8, 4) is 11.5 Å². The van der Waals surface area contributed by atoms with Gasteiger partial charge in [-0.25, -0.2) is 0 Å². The molecule has 4 bridgehead atoms. The molecule has 0 saturated heterocycles. The summed E-state index contributed by atoms with van der Waals surface area (Å²) in [5, 5.41) is 19.7. The highest BCUT2D eigenvalue weighted by molar-refractivity contribution is 5.82. The highest BCUT2D eigenvalue weighted by Crippen LogP contribution is 2.65. The Morgan fingerprint density at radius 3 is 1.51 bits per heavy atom. The summed E-state index contributed by atoms with van der Waals surface area (Å²) in [6.45, 7) is 16.6. The first kappa shape index (κ1) is 40.2. The van der Waals surface area contributed by atoms with Crippen molar-refractivity contribution in [1.29, 1.82) is 0 Å². The minimum Gasteiger partial charge on any atom is -0.491 e. The monoisotopic (exact) mass is 704 g/mol. The SMILES string of the molecule is C=CCc1cc(C(C)(C)c2ccc(OCC(O)CC)c(CC=C)c2)ccc1OCC(O)CC.COC(=O)C12CC3CC(C1)CC(C(=O)OC)(C3)C2. The van der Waals surface area contributed by atoms with E-state index in [1.807, 2.05) is 38.1 Å². The van der Waals surface area contributed by atoms with Crippen LogP contribution in [-0.4, -0.2) is 61.8 Å². The number of aliphatic hydroxyl groups excluding tert-OH is 2. The van der Waals surface area contributed by atoms with E-state index in [-0.39, 0.29) is 30.6 Å². The quantitative estimate of drug-likeness (QED) is 0.135. The van der Waals surface area contributed by atoms with Gasteiger partial charge < -0.3 is 29.2 Å². The summed E-state index contributed by atoms with van der Waals surface area (Å²) < 4.78 is 21.8. The van der Waals surface area contributed by atoms with Crippen LogP contribution in [-0.2, 0) is 37.3 Å². The summed E-state index contributed by atoms with van der Waals surface area (Å²) in [7, 11) is 2.90. The summed E-state index contributed by atoms with van der Waals surface area (Å²) in [5.74, 6) is 2.31. The summed E-state index contributed by atoms with van der Waals surface area (Å²) in [6.07, 6.45) is 10.9. The molecule has 51 heavy (non-hydrogen) atoms. The Balaban J connectivity index is 0.000000269. The van der Waals surface area contributed by atoms with Gasteiger partial charge in [-0.2, -0.15) is 0 Å². The maximum absolute atomic E-state index is 12.1. The first-order valence-corrected chi connectivity index (χ1v) is 18.6. The van der Waals surface area contributed by atoms with Gasteiger partial charge in [0, 0.05) is 5.41 Å². The number of esters is 2. The molecule has 2 atom stereocenters. The lowest BCUT2D eigenvalue weighted by atomic mass is 9.44. The number of allylic oxidation sites excluding steroid dienone is 2. The van der Waals surface area contributed by atoms with E-state index in [9.17, 15) is 19.8 Å². The fourth-order valence-electron chi connectivity index (χ4n) is 8.80. The Kier molecular flexibility index (Phi) is 13.6. The molecule has 4 aliphatic carbocycles. The van der Waals surface area contributed by atoms with Crippen LogP contribution >= 0.6 is 0 Å². The number of benzene rings is 2. The van der Waals surface area contributed by atoms with Gasteiger partial charge in [0.2, 0.25) is 0 Å². The average molecular weight is 705 g/mol. The van der Waals surface area contributed by atoms with E-state index in [0.717, 1.165) is 54.7 Å². The maximum atomic E-state index is 12.1. The molecule has 4 saturated carbocycles. The van der Waals surface area contributed by atoms with Crippen molar-refractivity contribution in [1.82, 2.24) is 0 Å². The molecule has 0 aromatic heterocycles. The van der Waals surface area contributed by atoms with Crippen molar-refractivity contribution in [3.63, 3.8) is 0 Å². The third-order valence-electron chi connectivity index (χ3n) is 11.4. The number of carbonyl (C=O) groups excluding carboxylic acids is 2. The molecule has 0 amide bonds. The fraction of sp³-hybridized carbons (Fsp3) is 0.581. The largest absolute Gasteiger partial charge is 0.491 e. The molecular weight excluding hydrogens is 644 g/mol. The Morgan fingerprint density at radius 2 is 1.18 bits per heavy atom. The second-order valence-electron chi connectivity index (χ2n) is 15.5. The highest BCUT2D eigenvalue weighted by Gasteiger charge is 2.64. The maximum Gasteiger partial charge on any atom is 0.311 e. The van der Waals surface area contributed by atoms with Crippen LogP contribution in [0.4, 0.5) is 0 Å². The number of rotatable bonds is 16. The van der Waals surface area contributed by atoms with Crippen molar-refractivity contribution < 1.29 is 38.7 Å². The van der Waals surface area contributed by atoms with E-state index in [0.29, 0.717) is 43.9 Å². The van der Waals surface area contributed by atoms with Gasteiger partial charge in [0.15, 0.2) is 0 Å². The molecule has 0 heterocycles. The zero-order valence-corrected chi connectivity index (χ0v) is 31.7. The van der Waals surface area contributed by atoms with E-state index in [4.69, 9.17) is 18.9 Å². The third-order valence-corrected chi connectivity index (χ3v) is 11.4. The Morgan fingerprint density at radius 1 is 0.784 bits per heavy atom. The van der Waals surface area contributed by atoms with Crippen LogP contribution in [0.25, 0.3) is 0 Å². The van der Waals surface area contributed by atoms with Crippen molar-refractivity contribution in [3.05, 3.63) is 84.0 Å². The lowest BCUT2D eigenvalue weighted by Crippen LogP contribution is -2.58. The van der Waals surface area contributed by atoms with Gasteiger partial charge in [0.1, 0.15) is 24.7 Å². The van der Waals surface area contributed by atoms with Crippen LogP contribution in [0, 0.1) is 22.7 Å². The van der Waals surface area contributed by atoms with E-state index in [1.165, 1.54) is 25.3 Å². The number of hydrogen-bond acceptors (Lipinski definition) is 8. The summed E-state index contributed by atoms with van der Waals surface area (Å²) in [5.41, 5.74) is 3.37. The normalized spacial score (nSPS) is 24.4. The van der Waals surface area contributed by atoms with Gasteiger partial charge in [-0.05, 0) is 110 Å². The van der Waals surface area contributed by atoms with Crippen LogP contribution in [0.15, 0.2) is 61.7 Å². The van der Waals surface area contributed by atoms with Gasteiger partial charge >= 0.3 is 11.9 Å². The lowest BCUT2D eigenvalue weighted by Gasteiger charge is -2.59. The molecule has 0 aliphatic heterocycles. The first-order valence-electron chi connectivity index (χ1n) is 18.6. The van der Waals surface area contributed by atoms with Crippen LogP contribution in [0.2, 0.25) is 0 Å².